The molecule has 0 aromatic heterocycles. The number of nitrogens with zero attached hydrogens (tertiary/aromatic N) is 1. The number of aliphatic carboxylic acids is 1. The Morgan fingerprint density at radius 2 is 2.10 bits per heavy atom. The highest BCUT2D eigenvalue weighted by atomic mass is 79.9. The average molecular weight is 365 g/mol. The highest BCUT2D eigenvalue weighted by Gasteiger charge is 2.33. The molecule has 0 aliphatic carbocycles. The Morgan fingerprint density at radius 3 is 2.76 bits per heavy atom. The van der Waals surface area contributed by atoms with Gasteiger partial charge in [-0.1, -0.05) is 0 Å². The number of hydrogen-bond donors (Lipinski definition) is 2. The number of carbonyl (C=O) groups is 2. The van der Waals surface area contributed by atoms with Gasteiger partial charge in [0.25, 0.3) is 0 Å². The predicted octanol–water partition coefficient (Wildman–Crippen LogP) is 2.04. The molecule has 1 aromatic rings. The van der Waals surface area contributed by atoms with E-state index in [9.17, 15) is 18.4 Å². The van der Waals surface area contributed by atoms with E-state index in [1.165, 1.54) is 0 Å². The third-order valence-corrected chi connectivity index (χ3v) is 3.53. The van der Waals surface area contributed by atoms with E-state index < -0.39 is 29.7 Å². The van der Waals surface area contributed by atoms with Gasteiger partial charge in [0.1, 0.15) is 11.6 Å². The summed E-state index contributed by atoms with van der Waals surface area (Å²) in [6, 6.07) is -0.305. The second kappa shape index (κ2) is 6.35. The summed E-state index contributed by atoms with van der Waals surface area (Å²) >= 11 is 2.82. The van der Waals surface area contributed by atoms with E-state index in [-0.39, 0.29) is 29.9 Å². The molecule has 1 aliphatic rings. The van der Waals surface area contributed by atoms with Crippen LogP contribution in [0.2, 0.25) is 0 Å². The summed E-state index contributed by atoms with van der Waals surface area (Å²) in [6.45, 7) is 0.0672. The second-order valence-electron chi connectivity index (χ2n) is 4.30. The Morgan fingerprint density at radius 1 is 1.38 bits per heavy atom. The summed E-state index contributed by atoms with van der Waals surface area (Å²) in [5.41, 5.74) is -0.365. The van der Waals surface area contributed by atoms with Crippen molar-refractivity contribution in [3.8, 4) is 0 Å². The lowest BCUT2D eigenvalue weighted by molar-refractivity contribution is -0.147. The highest BCUT2D eigenvalue weighted by Crippen LogP contribution is 2.24. The van der Waals surface area contributed by atoms with Crippen LogP contribution in [0.3, 0.4) is 0 Å². The molecule has 0 spiro atoms. The average Bonchev–Trinajstić information content (AvgIpc) is 2.44. The van der Waals surface area contributed by atoms with Crippen molar-refractivity contribution in [1.82, 2.24) is 4.90 Å². The number of urea groups is 1. The van der Waals surface area contributed by atoms with Gasteiger partial charge in [-0.25, -0.2) is 18.4 Å². The van der Waals surface area contributed by atoms with Crippen LogP contribution in [0.25, 0.3) is 0 Å². The number of ether oxygens (including phenoxy) is 1. The molecule has 1 atom stereocenters. The van der Waals surface area contributed by atoms with Crippen LogP contribution in [0.4, 0.5) is 19.3 Å². The fourth-order valence-corrected chi connectivity index (χ4v) is 2.17. The number of halogens is 3. The van der Waals surface area contributed by atoms with Crippen molar-refractivity contribution in [2.75, 3.05) is 25.1 Å². The molecule has 0 saturated carbocycles. The molecule has 1 unspecified atom stereocenters. The Balaban J connectivity index is 2.17. The van der Waals surface area contributed by atoms with Gasteiger partial charge in [0.2, 0.25) is 0 Å². The van der Waals surface area contributed by atoms with Gasteiger partial charge in [-0.15, -0.1) is 0 Å². The van der Waals surface area contributed by atoms with Crippen LogP contribution in [0.5, 0.6) is 0 Å². The number of hydrogen-bond acceptors (Lipinski definition) is 3. The summed E-state index contributed by atoms with van der Waals surface area (Å²) in [4.78, 5) is 24.1. The molecule has 6 nitrogen and oxygen atoms in total. The van der Waals surface area contributed by atoms with Gasteiger partial charge in [0.05, 0.1) is 23.4 Å². The molecule has 2 N–H and O–H groups in total. The summed E-state index contributed by atoms with van der Waals surface area (Å²) < 4.78 is 31.9. The monoisotopic (exact) mass is 364 g/mol. The Bertz CT molecular complexity index is 585. The maximum Gasteiger partial charge on any atom is 0.328 e. The normalized spacial score (nSPS) is 18.4. The molecule has 9 heteroatoms. The van der Waals surface area contributed by atoms with E-state index in [0.717, 1.165) is 17.0 Å². The molecule has 0 radical (unpaired) electrons. The molecule has 21 heavy (non-hydrogen) atoms. The molecule has 0 bridgehead atoms. The molecule has 1 saturated heterocycles. The Labute approximate surface area is 126 Å². The standard InChI is InChI=1S/C12H11BrF2N2O4/c13-6-3-8(15)9(4-7(6)14)16-12(20)17-1-2-21-5-10(17)11(18)19/h3-4,10H,1-2,5H2,(H,16,20)(H,18,19). The molecular weight excluding hydrogens is 354 g/mol. The number of anilines is 1. The van der Waals surface area contributed by atoms with Crippen LogP contribution in [0.15, 0.2) is 16.6 Å². The number of nitrogens with one attached hydrogen (secondary N) is 1. The first-order chi connectivity index (χ1) is 9.90. The van der Waals surface area contributed by atoms with Crippen molar-refractivity contribution >= 4 is 33.6 Å². The maximum atomic E-state index is 13.6. The number of carboxylic acid groups (broad SMARTS) is 1. The minimum atomic E-state index is -1.23. The van der Waals surface area contributed by atoms with Gasteiger partial charge in [-0.2, -0.15) is 0 Å². The third-order valence-electron chi connectivity index (χ3n) is 2.93. The first-order valence-corrected chi connectivity index (χ1v) is 6.72. The smallest absolute Gasteiger partial charge is 0.328 e. The molecule has 1 heterocycles. The molecule has 2 rings (SSSR count). The van der Waals surface area contributed by atoms with Crippen LogP contribution in [-0.4, -0.2) is 47.8 Å². The van der Waals surface area contributed by atoms with Crippen LogP contribution in [0.1, 0.15) is 0 Å². The summed E-state index contributed by atoms with van der Waals surface area (Å²) in [6.07, 6.45) is 0. The number of carbonyl (C=O) groups excluding carboxylic acids is 1. The van der Waals surface area contributed by atoms with Gasteiger partial charge in [-0.3, -0.25) is 0 Å². The Kier molecular flexibility index (Phi) is 4.73. The zero-order valence-corrected chi connectivity index (χ0v) is 12.2. The van der Waals surface area contributed by atoms with Gasteiger partial charge in [-0.05, 0) is 22.0 Å². The van der Waals surface area contributed by atoms with E-state index in [4.69, 9.17) is 9.84 Å². The van der Waals surface area contributed by atoms with Crippen LogP contribution in [0, 0.1) is 11.6 Å². The lowest BCUT2D eigenvalue weighted by atomic mass is 10.2. The van der Waals surface area contributed by atoms with E-state index in [2.05, 4.69) is 21.2 Å². The third kappa shape index (κ3) is 3.48. The Hall–Kier alpha value is -1.74. The minimum absolute atomic E-state index is 0.0451. The number of amides is 2. The van der Waals surface area contributed by atoms with Gasteiger partial charge < -0.3 is 20.1 Å². The fraction of sp³-hybridized carbons (Fsp3) is 0.333. The van der Waals surface area contributed by atoms with E-state index >= 15 is 0 Å². The molecule has 114 valence electrons. The summed E-state index contributed by atoms with van der Waals surface area (Å²) in [5.74, 6) is -2.81. The molecule has 2 amide bonds. The number of carboxylic acids is 1. The minimum Gasteiger partial charge on any atom is -0.480 e. The van der Waals surface area contributed by atoms with Crippen LogP contribution in [-0.2, 0) is 9.53 Å². The highest BCUT2D eigenvalue weighted by molar-refractivity contribution is 9.10. The second-order valence-corrected chi connectivity index (χ2v) is 5.15. The lowest BCUT2D eigenvalue weighted by Crippen LogP contribution is -2.54. The van der Waals surface area contributed by atoms with Crippen molar-refractivity contribution in [2.24, 2.45) is 0 Å². The molecular formula is C12H11BrF2N2O4. The van der Waals surface area contributed by atoms with Gasteiger partial charge in [0.15, 0.2) is 6.04 Å². The fourth-order valence-electron chi connectivity index (χ4n) is 1.86. The predicted molar refractivity (Wildman–Crippen MR) is 72.0 cm³/mol. The molecule has 1 aromatic carbocycles. The quantitative estimate of drug-likeness (QED) is 0.787. The molecule has 1 aliphatic heterocycles. The number of morpholine rings is 1. The maximum absolute atomic E-state index is 13.6. The largest absolute Gasteiger partial charge is 0.480 e. The first-order valence-electron chi connectivity index (χ1n) is 5.93. The van der Waals surface area contributed by atoms with Crippen molar-refractivity contribution < 1.29 is 28.2 Å². The van der Waals surface area contributed by atoms with Crippen molar-refractivity contribution in [3.63, 3.8) is 0 Å². The summed E-state index contributed by atoms with van der Waals surface area (Å²) in [7, 11) is 0. The molecule has 1 fully saturated rings. The van der Waals surface area contributed by atoms with Crippen molar-refractivity contribution in [1.29, 1.82) is 0 Å². The topological polar surface area (TPSA) is 78.9 Å². The SMILES string of the molecule is O=C(O)C1COCCN1C(=O)Nc1cc(F)c(Br)cc1F. The van der Waals surface area contributed by atoms with E-state index in [1.54, 1.807) is 0 Å². The zero-order valence-electron chi connectivity index (χ0n) is 10.6. The first kappa shape index (κ1) is 15.6. The number of benzene rings is 1. The van der Waals surface area contributed by atoms with E-state index in [0.29, 0.717) is 0 Å². The lowest BCUT2D eigenvalue weighted by Gasteiger charge is -2.32. The number of rotatable bonds is 2. The van der Waals surface area contributed by atoms with Gasteiger partial charge >= 0.3 is 12.0 Å². The van der Waals surface area contributed by atoms with Gasteiger partial charge in [0, 0.05) is 12.6 Å². The van der Waals surface area contributed by atoms with Crippen LogP contribution >= 0.6 is 15.9 Å². The zero-order chi connectivity index (χ0) is 15.6. The van der Waals surface area contributed by atoms with Crippen LogP contribution < -0.4 is 5.32 Å². The van der Waals surface area contributed by atoms with E-state index in [1.807, 2.05) is 0 Å². The van der Waals surface area contributed by atoms with Crippen molar-refractivity contribution in [3.05, 3.63) is 28.2 Å². The summed E-state index contributed by atoms with van der Waals surface area (Å²) in [5, 5.41) is 11.2. The van der Waals surface area contributed by atoms with Crippen molar-refractivity contribution in [2.45, 2.75) is 6.04 Å².